The van der Waals surface area contributed by atoms with E-state index in [4.69, 9.17) is 21.1 Å². The monoisotopic (exact) mass is 413 g/mol. The number of ether oxygens (including phenoxy) is 2. The molecule has 0 fully saturated rings. The number of nitrogens with one attached hydrogen (secondary N) is 1. The number of hydrogen-bond acceptors (Lipinski definition) is 6. The first-order valence-corrected chi connectivity index (χ1v) is 9.55. The maximum absolute atomic E-state index is 12.2. The van der Waals surface area contributed by atoms with Crippen molar-refractivity contribution in [2.45, 2.75) is 5.03 Å². The van der Waals surface area contributed by atoms with Crippen LogP contribution < -0.4 is 14.8 Å². The van der Waals surface area contributed by atoms with Crippen molar-refractivity contribution in [3.63, 3.8) is 0 Å². The van der Waals surface area contributed by atoms with Gasteiger partial charge in [-0.15, -0.1) is 0 Å². The fourth-order valence-electron chi connectivity index (χ4n) is 2.54. The van der Waals surface area contributed by atoms with Crippen LogP contribution in [0, 0.1) is 11.3 Å². The zero-order chi connectivity index (χ0) is 20.1. The summed E-state index contributed by atoms with van der Waals surface area (Å²) in [6, 6.07) is 14.2. The third-order valence-electron chi connectivity index (χ3n) is 3.87. The normalized spacial score (nSPS) is 10.4. The number of fused-ring (bicyclic) bond motifs is 1. The summed E-state index contributed by atoms with van der Waals surface area (Å²) in [6.45, 7) is 0. The second-order valence-corrected chi connectivity index (χ2v) is 7.10. The number of anilines is 1. The molecule has 0 unspecified atom stereocenters. The maximum Gasteiger partial charge on any atom is 0.234 e. The van der Waals surface area contributed by atoms with Gasteiger partial charge in [0.25, 0.3) is 0 Å². The van der Waals surface area contributed by atoms with E-state index in [2.05, 4.69) is 16.4 Å². The first-order chi connectivity index (χ1) is 13.5. The van der Waals surface area contributed by atoms with E-state index in [9.17, 15) is 10.1 Å². The molecule has 28 heavy (non-hydrogen) atoms. The molecule has 1 amide bonds. The van der Waals surface area contributed by atoms with Crippen molar-refractivity contribution in [3.05, 3.63) is 53.1 Å². The van der Waals surface area contributed by atoms with Gasteiger partial charge < -0.3 is 14.8 Å². The van der Waals surface area contributed by atoms with E-state index >= 15 is 0 Å². The molecule has 6 nitrogen and oxygen atoms in total. The topological polar surface area (TPSA) is 84.2 Å². The SMILES string of the molecule is COc1cc2cc(C#N)c(SCC(=O)Nc3ccc(Cl)cc3)nc2cc1OC. The van der Waals surface area contributed by atoms with Crippen LogP contribution in [0.1, 0.15) is 5.56 Å². The van der Waals surface area contributed by atoms with Gasteiger partial charge >= 0.3 is 0 Å². The molecule has 0 aliphatic carbocycles. The first-order valence-electron chi connectivity index (χ1n) is 8.19. The summed E-state index contributed by atoms with van der Waals surface area (Å²) in [5.74, 6) is 1.01. The molecular formula is C20H16ClN3O3S. The van der Waals surface area contributed by atoms with Gasteiger partial charge in [-0.1, -0.05) is 23.4 Å². The number of rotatable bonds is 6. The molecule has 0 saturated carbocycles. The van der Waals surface area contributed by atoms with Crippen molar-refractivity contribution in [2.24, 2.45) is 0 Å². The highest BCUT2D eigenvalue weighted by Gasteiger charge is 2.13. The van der Waals surface area contributed by atoms with Crippen LogP contribution >= 0.6 is 23.4 Å². The predicted molar refractivity (Wildman–Crippen MR) is 110 cm³/mol. The Morgan fingerprint density at radius 3 is 2.50 bits per heavy atom. The number of amides is 1. The second kappa shape index (κ2) is 8.83. The largest absolute Gasteiger partial charge is 0.493 e. The van der Waals surface area contributed by atoms with Crippen LogP contribution in [-0.2, 0) is 4.79 Å². The summed E-state index contributed by atoms with van der Waals surface area (Å²) in [7, 11) is 3.09. The molecule has 8 heteroatoms. The number of pyridine rings is 1. The molecule has 1 aromatic heterocycles. The number of thioether (sulfide) groups is 1. The third-order valence-corrected chi connectivity index (χ3v) is 5.12. The number of hydrogen-bond donors (Lipinski definition) is 1. The lowest BCUT2D eigenvalue weighted by Gasteiger charge is -2.11. The van der Waals surface area contributed by atoms with E-state index in [-0.39, 0.29) is 11.7 Å². The molecule has 0 saturated heterocycles. The van der Waals surface area contributed by atoms with E-state index in [0.29, 0.717) is 38.3 Å². The van der Waals surface area contributed by atoms with E-state index in [1.165, 1.54) is 11.8 Å². The summed E-state index contributed by atoms with van der Waals surface area (Å²) in [5, 5.41) is 14.1. The molecule has 1 N–H and O–H groups in total. The summed E-state index contributed by atoms with van der Waals surface area (Å²) in [6.07, 6.45) is 0. The molecule has 0 spiro atoms. The van der Waals surface area contributed by atoms with Crippen LogP contribution in [0.25, 0.3) is 10.9 Å². The molecule has 3 aromatic rings. The highest BCUT2D eigenvalue weighted by atomic mass is 35.5. The zero-order valence-corrected chi connectivity index (χ0v) is 16.7. The van der Waals surface area contributed by atoms with Gasteiger partial charge in [0, 0.05) is 22.2 Å². The van der Waals surface area contributed by atoms with Gasteiger partial charge in [-0.25, -0.2) is 4.98 Å². The summed E-state index contributed by atoms with van der Waals surface area (Å²) >= 11 is 7.04. The minimum Gasteiger partial charge on any atom is -0.493 e. The lowest BCUT2D eigenvalue weighted by atomic mass is 10.1. The fraction of sp³-hybridized carbons (Fsp3) is 0.150. The van der Waals surface area contributed by atoms with Crippen molar-refractivity contribution >= 4 is 45.9 Å². The number of carbonyl (C=O) groups excluding carboxylic acids is 1. The number of methoxy groups -OCH3 is 2. The highest BCUT2D eigenvalue weighted by Crippen LogP contribution is 2.33. The van der Waals surface area contributed by atoms with Crippen molar-refractivity contribution in [1.82, 2.24) is 4.98 Å². The predicted octanol–water partition coefficient (Wildman–Crippen LogP) is 4.51. The Bertz CT molecular complexity index is 1060. The van der Waals surface area contributed by atoms with Gasteiger partial charge in [-0.3, -0.25) is 4.79 Å². The van der Waals surface area contributed by atoms with Gasteiger partial charge in [0.2, 0.25) is 5.91 Å². The van der Waals surface area contributed by atoms with Gasteiger partial charge in [-0.2, -0.15) is 5.26 Å². The molecule has 0 aliphatic rings. The molecule has 3 rings (SSSR count). The fourth-order valence-corrected chi connectivity index (χ4v) is 3.43. The Hall–Kier alpha value is -2.95. The molecule has 0 aliphatic heterocycles. The molecular weight excluding hydrogens is 398 g/mol. The number of nitriles is 1. The summed E-state index contributed by atoms with van der Waals surface area (Å²) in [5.41, 5.74) is 1.69. The minimum atomic E-state index is -0.203. The van der Waals surface area contributed by atoms with Crippen molar-refractivity contribution in [3.8, 4) is 17.6 Å². The Morgan fingerprint density at radius 2 is 1.86 bits per heavy atom. The van der Waals surface area contributed by atoms with Gasteiger partial charge in [0.1, 0.15) is 11.1 Å². The Kier molecular flexibility index (Phi) is 6.24. The van der Waals surface area contributed by atoms with Crippen LogP contribution in [0.5, 0.6) is 11.5 Å². The van der Waals surface area contributed by atoms with Gasteiger partial charge in [0.15, 0.2) is 11.5 Å². The Morgan fingerprint density at radius 1 is 1.18 bits per heavy atom. The first kappa shape index (κ1) is 19.8. The standard InChI is InChI=1S/C20H16ClN3O3S/c1-26-17-8-12-7-13(10-22)20(24-16(12)9-18(17)27-2)28-11-19(25)23-15-5-3-14(21)4-6-15/h3-9H,11H2,1-2H3,(H,23,25). The molecule has 0 radical (unpaired) electrons. The molecule has 0 bridgehead atoms. The highest BCUT2D eigenvalue weighted by molar-refractivity contribution is 8.00. The van der Waals surface area contributed by atoms with E-state index in [1.54, 1.807) is 56.7 Å². The number of aromatic nitrogens is 1. The number of benzene rings is 2. The lowest BCUT2D eigenvalue weighted by Crippen LogP contribution is -2.14. The summed E-state index contributed by atoms with van der Waals surface area (Å²) < 4.78 is 10.6. The van der Waals surface area contributed by atoms with Gasteiger partial charge in [0.05, 0.1) is 31.1 Å². The molecule has 0 atom stereocenters. The van der Waals surface area contributed by atoms with Crippen LogP contribution in [-0.4, -0.2) is 30.9 Å². The minimum absolute atomic E-state index is 0.114. The van der Waals surface area contributed by atoms with Crippen molar-refractivity contribution in [2.75, 3.05) is 25.3 Å². The number of halogens is 1. The average molecular weight is 414 g/mol. The van der Waals surface area contributed by atoms with Gasteiger partial charge in [-0.05, 0) is 36.4 Å². The number of nitrogens with zero attached hydrogens (tertiary/aromatic N) is 2. The van der Waals surface area contributed by atoms with Crippen molar-refractivity contribution < 1.29 is 14.3 Å². The maximum atomic E-state index is 12.2. The quantitative estimate of drug-likeness (QED) is 0.598. The molecule has 142 valence electrons. The average Bonchev–Trinajstić information content (AvgIpc) is 2.72. The van der Waals surface area contributed by atoms with E-state index in [0.717, 1.165) is 5.39 Å². The number of carbonyl (C=O) groups is 1. The van der Waals surface area contributed by atoms with Crippen LogP contribution in [0.2, 0.25) is 5.02 Å². The molecule has 1 heterocycles. The Labute approximate surface area is 171 Å². The second-order valence-electron chi connectivity index (χ2n) is 5.70. The smallest absolute Gasteiger partial charge is 0.234 e. The van der Waals surface area contributed by atoms with Crippen LogP contribution in [0.15, 0.2) is 47.5 Å². The Balaban J connectivity index is 1.80. The summed E-state index contributed by atoms with van der Waals surface area (Å²) in [4.78, 5) is 16.7. The molecule has 2 aromatic carbocycles. The zero-order valence-electron chi connectivity index (χ0n) is 15.2. The third kappa shape index (κ3) is 4.47. The van der Waals surface area contributed by atoms with E-state index in [1.807, 2.05) is 0 Å². The van der Waals surface area contributed by atoms with E-state index < -0.39 is 0 Å². The van der Waals surface area contributed by atoms with Crippen LogP contribution in [0.3, 0.4) is 0 Å². The lowest BCUT2D eigenvalue weighted by molar-refractivity contribution is -0.113. The van der Waals surface area contributed by atoms with Crippen LogP contribution in [0.4, 0.5) is 5.69 Å². The van der Waals surface area contributed by atoms with Crippen molar-refractivity contribution in [1.29, 1.82) is 5.26 Å².